The number of nitrogens with one attached hydrogen (secondary N) is 2. The van der Waals surface area contributed by atoms with E-state index in [1.807, 2.05) is 43.1 Å². The number of benzene rings is 1. The molecule has 0 aliphatic heterocycles. The van der Waals surface area contributed by atoms with Gasteiger partial charge in [-0.2, -0.15) is 0 Å². The number of nitrogens with zero attached hydrogens (tertiary/aromatic N) is 1. The molecule has 23 heavy (non-hydrogen) atoms. The lowest BCUT2D eigenvalue weighted by Crippen LogP contribution is -2.45. The molecule has 1 aromatic carbocycles. The average molecular weight is 317 g/mol. The normalized spacial score (nSPS) is 16.5. The van der Waals surface area contributed by atoms with Gasteiger partial charge in [0.25, 0.3) is 0 Å². The van der Waals surface area contributed by atoms with Crippen LogP contribution in [0.1, 0.15) is 57.6 Å². The highest BCUT2D eigenvalue weighted by atomic mass is 16.2. The Kier molecular flexibility index (Phi) is 6.02. The largest absolute Gasteiger partial charge is 0.331 e. The molecule has 5 heteroatoms. The van der Waals surface area contributed by atoms with E-state index in [0.29, 0.717) is 6.04 Å². The summed E-state index contributed by atoms with van der Waals surface area (Å²) in [6.07, 6.45) is 5.87. The minimum Gasteiger partial charge on any atom is -0.331 e. The molecule has 1 aliphatic carbocycles. The van der Waals surface area contributed by atoms with Gasteiger partial charge in [-0.3, -0.25) is 4.79 Å². The number of carbonyl (C=O) groups excluding carboxylic acids is 2. The van der Waals surface area contributed by atoms with E-state index in [9.17, 15) is 9.59 Å². The molecule has 0 unspecified atom stereocenters. The molecule has 0 radical (unpaired) electrons. The summed E-state index contributed by atoms with van der Waals surface area (Å²) in [5, 5.41) is 5.81. The second kappa shape index (κ2) is 7.99. The molecule has 1 aliphatic rings. The Morgan fingerprint density at radius 3 is 2.57 bits per heavy atom. The van der Waals surface area contributed by atoms with E-state index in [0.717, 1.165) is 24.1 Å². The highest BCUT2D eigenvalue weighted by Gasteiger charge is 2.23. The summed E-state index contributed by atoms with van der Waals surface area (Å²) in [6.45, 7) is 3.44. The van der Waals surface area contributed by atoms with Crippen LogP contribution in [0.25, 0.3) is 0 Å². The van der Waals surface area contributed by atoms with Crippen LogP contribution in [0.15, 0.2) is 24.3 Å². The van der Waals surface area contributed by atoms with Crippen LogP contribution in [0.2, 0.25) is 0 Å². The van der Waals surface area contributed by atoms with Crippen LogP contribution in [0.5, 0.6) is 0 Å². The SMILES string of the molecule is CC(=O)Nc1cccc([C@H](C)NC(=O)N(C)C2CCCCC2)c1. The van der Waals surface area contributed by atoms with E-state index in [1.165, 1.54) is 26.2 Å². The van der Waals surface area contributed by atoms with Crippen molar-refractivity contribution < 1.29 is 9.59 Å². The van der Waals surface area contributed by atoms with Crippen molar-refractivity contribution in [2.75, 3.05) is 12.4 Å². The van der Waals surface area contributed by atoms with Gasteiger partial charge in [0.05, 0.1) is 6.04 Å². The van der Waals surface area contributed by atoms with Gasteiger partial charge < -0.3 is 15.5 Å². The summed E-state index contributed by atoms with van der Waals surface area (Å²) < 4.78 is 0. The topological polar surface area (TPSA) is 61.4 Å². The zero-order valence-corrected chi connectivity index (χ0v) is 14.3. The van der Waals surface area contributed by atoms with Crippen molar-refractivity contribution in [3.63, 3.8) is 0 Å². The zero-order valence-electron chi connectivity index (χ0n) is 14.3. The quantitative estimate of drug-likeness (QED) is 0.890. The fourth-order valence-corrected chi connectivity index (χ4v) is 3.09. The number of amides is 3. The molecule has 0 heterocycles. The highest BCUT2D eigenvalue weighted by Crippen LogP contribution is 2.22. The Balaban J connectivity index is 1.96. The molecule has 0 spiro atoms. The summed E-state index contributed by atoms with van der Waals surface area (Å²) in [5.41, 5.74) is 1.72. The standard InChI is InChI=1S/C18H27N3O2/c1-13(15-8-7-9-16(12-15)20-14(2)22)19-18(23)21(3)17-10-5-4-6-11-17/h7-9,12-13,17H,4-6,10-11H2,1-3H3,(H,19,23)(H,20,22)/t13-/m0/s1. The Bertz CT molecular complexity index is 553. The van der Waals surface area contributed by atoms with Crippen molar-refractivity contribution in [1.82, 2.24) is 10.2 Å². The molecular weight excluding hydrogens is 290 g/mol. The van der Waals surface area contributed by atoms with E-state index in [4.69, 9.17) is 0 Å². The number of hydrogen-bond acceptors (Lipinski definition) is 2. The number of hydrogen-bond donors (Lipinski definition) is 2. The molecule has 126 valence electrons. The van der Waals surface area contributed by atoms with Crippen molar-refractivity contribution in [2.45, 2.75) is 58.0 Å². The molecular formula is C18H27N3O2. The number of carbonyl (C=O) groups is 2. The summed E-state index contributed by atoms with van der Waals surface area (Å²) in [4.78, 5) is 25.4. The van der Waals surface area contributed by atoms with Crippen LogP contribution in [-0.2, 0) is 4.79 Å². The monoisotopic (exact) mass is 317 g/mol. The minimum atomic E-state index is -0.109. The Labute approximate surface area is 138 Å². The molecule has 5 nitrogen and oxygen atoms in total. The molecule has 0 aromatic heterocycles. The summed E-state index contributed by atoms with van der Waals surface area (Å²) in [5.74, 6) is -0.101. The van der Waals surface area contributed by atoms with E-state index in [-0.39, 0.29) is 18.0 Å². The lowest BCUT2D eigenvalue weighted by molar-refractivity contribution is -0.114. The van der Waals surface area contributed by atoms with E-state index >= 15 is 0 Å². The average Bonchev–Trinajstić information content (AvgIpc) is 2.54. The van der Waals surface area contributed by atoms with Crippen molar-refractivity contribution in [3.8, 4) is 0 Å². The number of rotatable bonds is 4. The Hall–Kier alpha value is -2.04. The predicted molar refractivity (Wildman–Crippen MR) is 92.3 cm³/mol. The van der Waals surface area contributed by atoms with Gasteiger partial charge in [0.2, 0.25) is 5.91 Å². The zero-order chi connectivity index (χ0) is 16.8. The predicted octanol–water partition coefficient (Wildman–Crippen LogP) is 3.68. The van der Waals surface area contributed by atoms with Crippen LogP contribution >= 0.6 is 0 Å². The lowest BCUT2D eigenvalue weighted by atomic mass is 9.95. The molecule has 0 bridgehead atoms. The molecule has 1 saturated carbocycles. The van der Waals surface area contributed by atoms with Crippen LogP contribution in [0, 0.1) is 0 Å². The van der Waals surface area contributed by atoms with Crippen molar-refractivity contribution >= 4 is 17.6 Å². The van der Waals surface area contributed by atoms with E-state index in [2.05, 4.69) is 10.6 Å². The third-order valence-corrected chi connectivity index (χ3v) is 4.49. The molecule has 1 fully saturated rings. The molecule has 2 N–H and O–H groups in total. The van der Waals surface area contributed by atoms with Crippen molar-refractivity contribution in [3.05, 3.63) is 29.8 Å². The third-order valence-electron chi connectivity index (χ3n) is 4.49. The second-order valence-corrected chi connectivity index (χ2v) is 6.38. The second-order valence-electron chi connectivity index (χ2n) is 6.38. The molecule has 2 rings (SSSR count). The first-order valence-corrected chi connectivity index (χ1v) is 8.38. The maximum atomic E-state index is 12.4. The number of anilines is 1. The maximum absolute atomic E-state index is 12.4. The summed E-state index contributed by atoms with van der Waals surface area (Å²) in [6, 6.07) is 7.78. The van der Waals surface area contributed by atoms with Crippen LogP contribution in [0.3, 0.4) is 0 Å². The van der Waals surface area contributed by atoms with Crippen LogP contribution in [0.4, 0.5) is 10.5 Å². The van der Waals surface area contributed by atoms with Gasteiger partial charge in [0, 0.05) is 25.7 Å². The van der Waals surface area contributed by atoms with Gasteiger partial charge in [-0.25, -0.2) is 4.79 Å². The first-order valence-electron chi connectivity index (χ1n) is 8.38. The van der Waals surface area contributed by atoms with Gasteiger partial charge in [0.15, 0.2) is 0 Å². The minimum absolute atomic E-state index is 0.0330. The fourth-order valence-electron chi connectivity index (χ4n) is 3.09. The van der Waals surface area contributed by atoms with Gasteiger partial charge >= 0.3 is 6.03 Å². The molecule has 0 saturated heterocycles. The first-order chi connectivity index (χ1) is 11.0. The smallest absolute Gasteiger partial charge is 0.317 e. The van der Waals surface area contributed by atoms with E-state index < -0.39 is 0 Å². The highest BCUT2D eigenvalue weighted by molar-refractivity contribution is 5.88. The van der Waals surface area contributed by atoms with Gasteiger partial charge in [-0.05, 0) is 37.5 Å². The van der Waals surface area contributed by atoms with Gasteiger partial charge in [-0.15, -0.1) is 0 Å². The van der Waals surface area contributed by atoms with Gasteiger partial charge in [-0.1, -0.05) is 31.4 Å². The van der Waals surface area contributed by atoms with Crippen LogP contribution in [-0.4, -0.2) is 29.9 Å². The maximum Gasteiger partial charge on any atom is 0.317 e. The van der Waals surface area contributed by atoms with Crippen molar-refractivity contribution in [2.24, 2.45) is 0 Å². The summed E-state index contributed by atoms with van der Waals surface area (Å²) >= 11 is 0. The lowest BCUT2D eigenvalue weighted by Gasteiger charge is -2.32. The fraction of sp³-hybridized carbons (Fsp3) is 0.556. The Morgan fingerprint density at radius 1 is 1.22 bits per heavy atom. The molecule has 1 aromatic rings. The number of urea groups is 1. The van der Waals surface area contributed by atoms with Crippen molar-refractivity contribution in [1.29, 1.82) is 0 Å². The molecule has 3 amide bonds. The Morgan fingerprint density at radius 2 is 1.91 bits per heavy atom. The van der Waals surface area contributed by atoms with E-state index in [1.54, 1.807) is 0 Å². The summed E-state index contributed by atoms with van der Waals surface area (Å²) in [7, 11) is 1.88. The third kappa shape index (κ3) is 4.98. The molecule has 1 atom stereocenters. The van der Waals surface area contributed by atoms with Crippen LogP contribution < -0.4 is 10.6 Å². The first kappa shape index (κ1) is 17.3. The van der Waals surface area contributed by atoms with Gasteiger partial charge in [0.1, 0.15) is 0 Å².